The van der Waals surface area contributed by atoms with Crippen LogP contribution < -0.4 is 10.6 Å². The SMILES string of the molecule is CC(C)c1cnc(S(C)(=O)=O)nc1CNC(=O)NC(CO)c1ccccc1. The molecule has 9 heteroatoms. The Hall–Kier alpha value is -2.52. The Kier molecular flexibility index (Phi) is 6.86. The largest absolute Gasteiger partial charge is 0.394 e. The number of nitrogens with zero attached hydrogens (tertiary/aromatic N) is 2. The number of nitrogens with one attached hydrogen (secondary N) is 2. The van der Waals surface area contributed by atoms with Gasteiger partial charge in [0.05, 0.1) is 24.9 Å². The van der Waals surface area contributed by atoms with Crippen molar-refractivity contribution in [3.8, 4) is 0 Å². The summed E-state index contributed by atoms with van der Waals surface area (Å²) < 4.78 is 23.4. The van der Waals surface area contributed by atoms with Gasteiger partial charge < -0.3 is 15.7 Å². The van der Waals surface area contributed by atoms with Crippen LogP contribution in [-0.4, -0.2) is 42.4 Å². The molecule has 1 aromatic heterocycles. The number of hydrogen-bond donors (Lipinski definition) is 3. The van der Waals surface area contributed by atoms with Crippen LogP contribution in [0.4, 0.5) is 4.79 Å². The molecule has 2 amide bonds. The van der Waals surface area contributed by atoms with E-state index in [0.29, 0.717) is 5.69 Å². The average Bonchev–Trinajstić information content (AvgIpc) is 2.64. The highest BCUT2D eigenvalue weighted by Gasteiger charge is 2.18. The maximum Gasteiger partial charge on any atom is 0.315 e. The summed E-state index contributed by atoms with van der Waals surface area (Å²) in [5.41, 5.74) is 1.97. The third-order valence-corrected chi connectivity index (χ3v) is 4.80. The van der Waals surface area contributed by atoms with E-state index in [9.17, 15) is 18.3 Å². The molecule has 0 fully saturated rings. The van der Waals surface area contributed by atoms with Crippen LogP contribution in [0.15, 0.2) is 41.7 Å². The van der Waals surface area contributed by atoms with E-state index in [0.717, 1.165) is 17.4 Å². The van der Waals surface area contributed by atoms with Crippen molar-refractivity contribution in [1.82, 2.24) is 20.6 Å². The van der Waals surface area contributed by atoms with Crippen molar-refractivity contribution in [1.29, 1.82) is 0 Å². The average molecular weight is 392 g/mol. The van der Waals surface area contributed by atoms with Crippen LogP contribution in [0.2, 0.25) is 0 Å². The Morgan fingerprint density at radius 3 is 2.44 bits per heavy atom. The minimum absolute atomic E-state index is 0.0390. The second-order valence-electron chi connectivity index (χ2n) is 6.45. The summed E-state index contributed by atoms with van der Waals surface area (Å²) in [6.45, 7) is 3.65. The highest BCUT2D eigenvalue weighted by molar-refractivity contribution is 7.90. The Labute approximate surface area is 159 Å². The summed E-state index contributed by atoms with van der Waals surface area (Å²) >= 11 is 0. The fourth-order valence-electron chi connectivity index (χ4n) is 2.50. The summed E-state index contributed by atoms with van der Waals surface area (Å²) in [5.74, 6) is 0.0629. The molecule has 146 valence electrons. The van der Waals surface area contributed by atoms with E-state index in [1.165, 1.54) is 6.20 Å². The van der Waals surface area contributed by atoms with Crippen LogP contribution in [0.25, 0.3) is 0 Å². The predicted molar refractivity (Wildman–Crippen MR) is 101 cm³/mol. The zero-order valence-electron chi connectivity index (χ0n) is 15.5. The van der Waals surface area contributed by atoms with Gasteiger partial charge in [0, 0.05) is 12.5 Å². The molecule has 8 nitrogen and oxygen atoms in total. The van der Waals surface area contributed by atoms with Crippen molar-refractivity contribution in [2.24, 2.45) is 0 Å². The summed E-state index contributed by atoms with van der Waals surface area (Å²) in [6.07, 6.45) is 2.51. The summed E-state index contributed by atoms with van der Waals surface area (Å²) in [4.78, 5) is 20.2. The Morgan fingerprint density at radius 2 is 1.89 bits per heavy atom. The number of aliphatic hydroxyl groups is 1. The van der Waals surface area contributed by atoms with E-state index in [4.69, 9.17) is 0 Å². The number of sulfone groups is 1. The number of urea groups is 1. The van der Waals surface area contributed by atoms with E-state index in [2.05, 4.69) is 20.6 Å². The smallest absolute Gasteiger partial charge is 0.315 e. The summed E-state index contributed by atoms with van der Waals surface area (Å²) in [6, 6.07) is 8.06. The lowest BCUT2D eigenvalue weighted by molar-refractivity contribution is 0.216. The van der Waals surface area contributed by atoms with Gasteiger partial charge in [0.15, 0.2) is 0 Å². The minimum Gasteiger partial charge on any atom is -0.394 e. The molecule has 27 heavy (non-hydrogen) atoms. The monoisotopic (exact) mass is 392 g/mol. The number of benzene rings is 1. The number of hydrogen-bond acceptors (Lipinski definition) is 6. The minimum atomic E-state index is -3.55. The van der Waals surface area contributed by atoms with Crippen molar-refractivity contribution in [2.75, 3.05) is 12.9 Å². The van der Waals surface area contributed by atoms with Gasteiger partial charge in [-0.15, -0.1) is 0 Å². The van der Waals surface area contributed by atoms with E-state index >= 15 is 0 Å². The molecular weight excluding hydrogens is 368 g/mol. The van der Waals surface area contributed by atoms with Crippen molar-refractivity contribution < 1.29 is 18.3 Å². The van der Waals surface area contributed by atoms with Crippen LogP contribution in [0.5, 0.6) is 0 Å². The molecule has 3 N–H and O–H groups in total. The van der Waals surface area contributed by atoms with Crippen molar-refractivity contribution in [3.05, 3.63) is 53.3 Å². The molecule has 1 heterocycles. The lowest BCUT2D eigenvalue weighted by Gasteiger charge is -2.18. The normalized spacial score (nSPS) is 12.6. The molecule has 0 bridgehead atoms. The van der Waals surface area contributed by atoms with Crippen LogP contribution in [0.3, 0.4) is 0 Å². The fraction of sp³-hybridized carbons (Fsp3) is 0.389. The van der Waals surface area contributed by atoms with Gasteiger partial charge in [-0.2, -0.15) is 0 Å². The number of carbonyl (C=O) groups excluding carboxylic acids is 1. The highest BCUT2D eigenvalue weighted by Crippen LogP contribution is 2.18. The first-order chi connectivity index (χ1) is 12.7. The molecule has 1 atom stereocenters. The van der Waals surface area contributed by atoms with Gasteiger partial charge in [-0.25, -0.2) is 23.2 Å². The third kappa shape index (κ3) is 5.73. The second kappa shape index (κ2) is 8.92. The Bertz CT molecular complexity index is 885. The lowest BCUT2D eigenvalue weighted by Crippen LogP contribution is -2.39. The summed E-state index contributed by atoms with van der Waals surface area (Å²) in [5, 5.41) is 14.6. The Balaban J connectivity index is 2.11. The molecule has 0 radical (unpaired) electrons. The quantitative estimate of drug-likeness (QED) is 0.615. The molecule has 0 aliphatic carbocycles. The number of amides is 2. The van der Waals surface area contributed by atoms with Gasteiger partial charge in [-0.3, -0.25) is 0 Å². The molecular formula is C18H24N4O4S. The van der Waals surface area contributed by atoms with Crippen molar-refractivity contribution in [2.45, 2.75) is 37.5 Å². The van der Waals surface area contributed by atoms with Gasteiger partial charge in [-0.05, 0) is 17.0 Å². The number of rotatable bonds is 7. The first-order valence-electron chi connectivity index (χ1n) is 8.48. The highest BCUT2D eigenvalue weighted by atomic mass is 32.2. The zero-order valence-corrected chi connectivity index (χ0v) is 16.3. The molecule has 1 unspecified atom stereocenters. The molecule has 1 aromatic carbocycles. The van der Waals surface area contributed by atoms with Gasteiger partial charge in [0.1, 0.15) is 0 Å². The zero-order chi connectivity index (χ0) is 20.0. The van der Waals surface area contributed by atoms with Crippen LogP contribution in [-0.2, 0) is 16.4 Å². The van der Waals surface area contributed by atoms with Crippen LogP contribution in [0, 0.1) is 0 Å². The second-order valence-corrected chi connectivity index (χ2v) is 8.36. The van der Waals surface area contributed by atoms with Gasteiger partial charge in [-0.1, -0.05) is 44.2 Å². The van der Waals surface area contributed by atoms with E-state index in [-0.39, 0.29) is 24.2 Å². The van der Waals surface area contributed by atoms with Crippen molar-refractivity contribution in [3.63, 3.8) is 0 Å². The first kappa shape index (κ1) is 20.8. The van der Waals surface area contributed by atoms with Crippen LogP contribution in [0.1, 0.15) is 42.6 Å². The fourth-order valence-corrected chi connectivity index (χ4v) is 3.02. The Morgan fingerprint density at radius 1 is 1.22 bits per heavy atom. The first-order valence-corrected chi connectivity index (χ1v) is 10.4. The molecule has 0 spiro atoms. The third-order valence-electron chi connectivity index (χ3n) is 3.94. The van der Waals surface area contributed by atoms with Gasteiger partial charge in [0.2, 0.25) is 15.0 Å². The number of carbonyl (C=O) groups is 1. The molecule has 0 aliphatic rings. The number of aromatic nitrogens is 2. The molecule has 0 saturated carbocycles. The topological polar surface area (TPSA) is 121 Å². The summed E-state index contributed by atoms with van der Waals surface area (Å²) in [7, 11) is -3.55. The molecule has 2 rings (SSSR count). The maximum atomic E-state index is 12.2. The van der Waals surface area contributed by atoms with Crippen LogP contribution >= 0.6 is 0 Å². The predicted octanol–water partition coefficient (Wildman–Crippen LogP) is 1.54. The number of aliphatic hydroxyl groups excluding tert-OH is 1. The van der Waals surface area contributed by atoms with E-state index in [1.54, 1.807) is 12.1 Å². The van der Waals surface area contributed by atoms with E-state index < -0.39 is 21.9 Å². The van der Waals surface area contributed by atoms with Gasteiger partial charge >= 0.3 is 6.03 Å². The van der Waals surface area contributed by atoms with E-state index in [1.807, 2.05) is 32.0 Å². The molecule has 0 saturated heterocycles. The van der Waals surface area contributed by atoms with Gasteiger partial charge in [0.25, 0.3) is 0 Å². The lowest BCUT2D eigenvalue weighted by atomic mass is 10.0. The maximum absolute atomic E-state index is 12.2. The molecule has 0 aliphatic heterocycles. The van der Waals surface area contributed by atoms with Crippen molar-refractivity contribution >= 4 is 15.9 Å². The molecule has 2 aromatic rings. The standard InChI is InChI=1S/C18H24N4O4S/c1-12(2)14-9-20-18(27(3,25)26)22-15(14)10-19-17(24)21-16(11-23)13-7-5-4-6-8-13/h4-9,12,16,23H,10-11H2,1-3H3,(H2,19,21,24).